The Morgan fingerprint density at radius 2 is 1.77 bits per heavy atom. The fraction of sp³-hybridized carbons (Fsp3) is 0.273. The zero-order chi connectivity index (χ0) is 22.1. The highest BCUT2D eigenvalue weighted by Gasteiger charge is 2.16. The Bertz CT molecular complexity index is 1300. The van der Waals surface area contributed by atoms with Gasteiger partial charge in [-0.3, -0.25) is 0 Å². The number of aryl methyl sites for hydroxylation is 4. The molecule has 0 saturated carbocycles. The third-order valence-corrected chi connectivity index (χ3v) is 5.06. The third kappa shape index (κ3) is 3.81. The summed E-state index contributed by atoms with van der Waals surface area (Å²) in [6, 6.07) is 13.4. The summed E-state index contributed by atoms with van der Waals surface area (Å²) in [5.41, 5.74) is 4.90. The summed E-state index contributed by atoms with van der Waals surface area (Å²) >= 11 is 0. The van der Waals surface area contributed by atoms with Gasteiger partial charge in [0, 0.05) is 12.7 Å². The molecule has 0 atom stereocenters. The van der Waals surface area contributed by atoms with Gasteiger partial charge in [-0.25, -0.2) is 9.48 Å². The standard InChI is InChI=1S/C22H24N6O3/c1-14-11-17(27-16(3)12-15(2)23-27)9-10-20(14)31-13-18-19(7-6-8-21(18)30-5)28-22(29)26(4)24-25-28/h6-12H,13H2,1-5H3. The van der Waals surface area contributed by atoms with Gasteiger partial charge < -0.3 is 9.47 Å². The van der Waals surface area contributed by atoms with Crippen LogP contribution in [0.3, 0.4) is 0 Å². The van der Waals surface area contributed by atoms with Gasteiger partial charge in [0.15, 0.2) is 0 Å². The number of rotatable bonds is 6. The van der Waals surface area contributed by atoms with E-state index in [9.17, 15) is 4.79 Å². The van der Waals surface area contributed by atoms with E-state index in [2.05, 4.69) is 15.5 Å². The lowest BCUT2D eigenvalue weighted by Gasteiger charge is -2.15. The zero-order valence-corrected chi connectivity index (χ0v) is 18.2. The van der Waals surface area contributed by atoms with Crippen LogP contribution >= 0.6 is 0 Å². The first-order valence-corrected chi connectivity index (χ1v) is 9.81. The molecule has 9 heteroatoms. The molecule has 0 unspecified atom stereocenters. The van der Waals surface area contributed by atoms with Crippen LogP contribution in [0.4, 0.5) is 0 Å². The summed E-state index contributed by atoms with van der Waals surface area (Å²) in [7, 11) is 3.13. The molecule has 0 fully saturated rings. The van der Waals surface area contributed by atoms with Gasteiger partial charge >= 0.3 is 5.69 Å². The second-order valence-corrected chi connectivity index (χ2v) is 7.33. The van der Waals surface area contributed by atoms with Crippen LogP contribution in [0, 0.1) is 20.8 Å². The van der Waals surface area contributed by atoms with Gasteiger partial charge in [-0.05, 0) is 73.2 Å². The highest BCUT2D eigenvalue weighted by molar-refractivity contribution is 5.50. The number of ether oxygens (including phenoxy) is 2. The van der Waals surface area contributed by atoms with Crippen LogP contribution in [0.2, 0.25) is 0 Å². The van der Waals surface area contributed by atoms with Crippen molar-refractivity contribution in [3.63, 3.8) is 0 Å². The highest BCUT2D eigenvalue weighted by Crippen LogP contribution is 2.28. The Kier molecular flexibility index (Phi) is 5.33. The molecule has 4 aromatic rings. The minimum Gasteiger partial charge on any atom is -0.496 e. The summed E-state index contributed by atoms with van der Waals surface area (Å²) in [5.74, 6) is 1.33. The molecule has 0 radical (unpaired) electrons. The van der Waals surface area contributed by atoms with Crippen LogP contribution in [0.25, 0.3) is 11.4 Å². The molecular formula is C22H24N6O3. The lowest BCUT2D eigenvalue weighted by Crippen LogP contribution is -2.23. The second kappa shape index (κ2) is 8.10. The number of nitrogens with zero attached hydrogens (tertiary/aromatic N) is 6. The van der Waals surface area contributed by atoms with E-state index in [1.165, 1.54) is 9.36 Å². The molecule has 0 amide bonds. The number of hydrogen-bond acceptors (Lipinski definition) is 6. The summed E-state index contributed by atoms with van der Waals surface area (Å²) in [6.45, 7) is 6.18. The lowest BCUT2D eigenvalue weighted by atomic mass is 10.1. The van der Waals surface area contributed by atoms with Crippen LogP contribution in [0.15, 0.2) is 47.3 Å². The van der Waals surface area contributed by atoms with E-state index in [0.29, 0.717) is 17.0 Å². The van der Waals surface area contributed by atoms with Gasteiger partial charge in [0.1, 0.15) is 18.1 Å². The normalized spacial score (nSPS) is 11.0. The maximum atomic E-state index is 12.4. The smallest absolute Gasteiger partial charge is 0.368 e. The van der Waals surface area contributed by atoms with Crippen molar-refractivity contribution < 1.29 is 9.47 Å². The molecule has 31 heavy (non-hydrogen) atoms. The maximum Gasteiger partial charge on any atom is 0.368 e. The summed E-state index contributed by atoms with van der Waals surface area (Å²) in [5, 5.41) is 12.3. The van der Waals surface area contributed by atoms with Crippen molar-refractivity contribution in [2.45, 2.75) is 27.4 Å². The Morgan fingerprint density at radius 3 is 2.39 bits per heavy atom. The first-order chi connectivity index (χ1) is 14.9. The lowest BCUT2D eigenvalue weighted by molar-refractivity contribution is 0.294. The molecule has 0 bridgehead atoms. The molecule has 0 N–H and O–H groups in total. The molecule has 0 aliphatic carbocycles. The van der Waals surface area contributed by atoms with Gasteiger partial charge in [-0.1, -0.05) is 6.07 Å². The maximum absolute atomic E-state index is 12.4. The number of tetrazole rings is 1. The first-order valence-electron chi connectivity index (χ1n) is 9.81. The van der Waals surface area contributed by atoms with Crippen molar-refractivity contribution in [1.82, 2.24) is 29.6 Å². The Morgan fingerprint density at radius 1 is 0.968 bits per heavy atom. The summed E-state index contributed by atoms with van der Waals surface area (Å²) in [4.78, 5) is 12.4. The topological polar surface area (TPSA) is 89.0 Å². The molecule has 0 saturated heterocycles. The minimum absolute atomic E-state index is 0.197. The van der Waals surface area contributed by atoms with Crippen molar-refractivity contribution >= 4 is 0 Å². The predicted molar refractivity (Wildman–Crippen MR) is 115 cm³/mol. The Labute approximate surface area is 179 Å². The van der Waals surface area contributed by atoms with E-state index in [4.69, 9.17) is 9.47 Å². The molecule has 160 valence electrons. The molecular weight excluding hydrogens is 396 g/mol. The Balaban J connectivity index is 1.64. The third-order valence-electron chi connectivity index (χ3n) is 5.06. The Hall–Kier alpha value is -3.88. The van der Waals surface area contributed by atoms with Crippen LogP contribution in [-0.4, -0.2) is 36.7 Å². The largest absolute Gasteiger partial charge is 0.496 e. The second-order valence-electron chi connectivity index (χ2n) is 7.33. The van der Waals surface area contributed by atoms with E-state index >= 15 is 0 Å². The van der Waals surface area contributed by atoms with Crippen molar-refractivity contribution in [3.05, 3.63) is 75.5 Å². The molecule has 0 spiro atoms. The number of hydrogen-bond donors (Lipinski definition) is 0. The van der Waals surface area contributed by atoms with E-state index < -0.39 is 0 Å². The van der Waals surface area contributed by atoms with E-state index in [1.54, 1.807) is 26.3 Å². The fourth-order valence-electron chi connectivity index (χ4n) is 3.52. The van der Waals surface area contributed by atoms with Gasteiger partial charge in [0.25, 0.3) is 0 Å². The van der Waals surface area contributed by atoms with Crippen molar-refractivity contribution in [2.24, 2.45) is 7.05 Å². The van der Waals surface area contributed by atoms with Gasteiger partial charge in [0.05, 0.1) is 29.7 Å². The molecule has 2 aromatic heterocycles. The van der Waals surface area contributed by atoms with Crippen molar-refractivity contribution in [3.8, 4) is 22.9 Å². The van der Waals surface area contributed by atoms with E-state index in [0.717, 1.165) is 28.4 Å². The van der Waals surface area contributed by atoms with E-state index in [1.807, 2.05) is 55.8 Å². The van der Waals surface area contributed by atoms with Crippen LogP contribution in [0.5, 0.6) is 11.5 Å². The molecule has 4 rings (SSSR count). The highest BCUT2D eigenvalue weighted by atomic mass is 16.5. The van der Waals surface area contributed by atoms with Gasteiger partial charge in [-0.15, -0.1) is 0 Å². The zero-order valence-electron chi connectivity index (χ0n) is 18.2. The molecule has 0 aliphatic rings. The minimum atomic E-state index is -0.347. The van der Waals surface area contributed by atoms with Crippen molar-refractivity contribution in [2.75, 3.05) is 7.11 Å². The average Bonchev–Trinajstić information content (AvgIpc) is 3.27. The van der Waals surface area contributed by atoms with Crippen LogP contribution in [-0.2, 0) is 13.7 Å². The quantitative estimate of drug-likeness (QED) is 0.476. The first kappa shape index (κ1) is 20.4. The average molecular weight is 420 g/mol. The van der Waals surface area contributed by atoms with Crippen molar-refractivity contribution in [1.29, 1.82) is 0 Å². The van der Waals surface area contributed by atoms with E-state index in [-0.39, 0.29) is 12.3 Å². The predicted octanol–water partition coefficient (Wildman–Crippen LogP) is 2.66. The van der Waals surface area contributed by atoms with Crippen LogP contribution in [0.1, 0.15) is 22.5 Å². The van der Waals surface area contributed by atoms with Gasteiger partial charge in [0.2, 0.25) is 0 Å². The SMILES string of the molecule is COc1cccc(-n2nnn(C)c2=O)c1COc1ccc(-n2nc(C)cc2C)cc1C. The summed E-state index contributed by atoms with van der Waals surface area (Å²) < 4.78 is 15.9. The molecule has 0 aliphatic heterocycles. The number of aromatic nitrogens is 6. The molecule has 2 heterocycles. The number of benzene rings is 2. The van der Waals surface area contributed by atoms with Gasteiger partial charge in [-0.2, -0.15) is 14.5 Å². The summed E-state index contributed by atoms with van der Waals surface area (Å²) in [6.07, 6.45) is 0. The van der Waals surface area contributed by atoms with Crippen LogP contribution < -0.4 is 15.2 Å². The molecule has 2 aromatic carbocycles. The molecule has 9 nitrogen and oxygen atoms in total. The fourth-order valence-corrected chi connectivity index (χ4v) is 3.52. The monoisotopic (exact) mass is 420 g/mol. The number of methoxy groups -OCH3 is 1.